The van der Waals surface area contributed by atoms with Gasteiger partial charge in [0.2, 0.25) is 0 Å². The molecule has 0 heterocycles. The lowest BCUT2D eigenvalue weighted by Crippen LogP contribution is -2.10. The minimum absolute atomic E-state index is 0.186. The standard InChI is InChI=1S/C31H24.C27H32/c1-23-18-30(28-16-8-14-26(20-28)24-10-4-2-5-11-24)22-31(19-23)29-17-9-15-27(21-29)25-12-6-3-7-13-25;1-19-16-22(20-8-12-24(13-9-20)26(2,3)4)18-23(17-19)21-10-14-25(15-11-21)27(5,6)7/h2-22H,1H3;8-18H,1-7H3. The molecule has 8 rings (SSSR count). The Hall–Kier alpha value is -6.24. The van der Waals surface area contributed by atoms with E-state index in [1.54, 1.807) is 0 Å². The largest absolute Gasteiger partial charge is 0.0622 e. The summed E-state index contributed by atoms with van der Waals surface area (Å²) in [5.74, 6) is 0. The predicted octanol–water partition coefficient (Wildman–Crippen LogP) is 16.6. The second-order valence-corrected chi connectivity index (χ2v) is 17.7. The molecule has 0 saturated carbocycles. The molecule has 0 aliphatic rings. The molecule has 0 atom stereocenters. The zero-order valence-corrected chi connectivity index (χ0v) is 35.5. The number of benzene rings is 8. The lowest BCUT2D eigenvalue weighted by molar-refractivity contribution is 0.590. The first-order valence-electron chi connectivity index (χ1n) is 20.6. The molecule has 0 amide bonds. The third kappa shape index (κ3) is 9.82. The average Bonchev–Trinajstić information content (AvgIpc) is 3.24. The van der Waals surface area contributed by atoms with Crippen molar-refractivity contribution in [3.63, 3.8) is 0 Å². The van der Waals surface area contributed by atoms with Crippen LogP contribution in [-0.2, 0) is 10.8 Å². The lowest BCUT2D eigenvalue weighted by atomic mass is 9.85. The summed E-state index contributed by atoms with van der Waals surface area (Å²) < 4.78 is 0. The van der Waals surface area contributed by atoms with Gasteiger partial charge in [-0.1, -0.05) is 211 Å². The molecule has 0 saturated heterocycles. The van der Waals surface area contributed by atoms with E-state index in [1.807, 2.05) is 0 Å². The number of hydrogen-bond donors (Lipinski definition) is 0. The highest BCUT2D eigenvalue weighted by atomic mass is 14.2. The Morgan fingerprint density at radius 2 is 0.466 bits per heavy atom. The van der Waals surface area contributed by atoms with Crippen molar-refractivity contribution in [2.24, 2.45) is 0 Å². The SMILES string of the molecule is Cc1cc(-c2ccc(C(C)(C)C)cc2)cc(-c2ccc(C(C)(C)C)cc2)c1.Cc1cc(-c2cccc(-c3ccccc3)c2)cc(-c2cccc(-c3ccccc3)c2)c1. The van der Waals surface area contributed by atoms with Crippen LogP contribution >= 0.6 is 0 Å². The van der Waals surface area contributed by atoms with Gasteiger partial charge in [-0.05, 0) is 138 Å². The van der Waals surface area contributed by atoms with Gasteiger partial charge in [0.15, 0.2) is 0 Å². The summed E-state index contributed by atoms with van der Waals surface area (Å²) >= 11 is 0. The molecule has 0 heteroatoms. The molecule has 0 unspecified atom stereocenters. The molecular weight excluding hydrogens is 697 g/mol. The smallest absolute Gasteiger partial charge is 0.0132 e. The van der Waals surface area contributed by atoms with Crippen molar-refractivity contribution < 1.29 is 0 Å². The Bertz CT molecular complexity index is 2420. The molecule has 0 spiro atoms. The van der Waals surface area contributed by atoms with E-state index in [0.29, 0.717) is 0 Å². The summed E-state index contributed by atoms with van der Waals surface area (Å²) in [6, 6.07) is 70.5. The molecule has 0 radical (unpaired) electrons. The number of aryl methyl sites for hydroxylation is 2. The van der Waals surface area contributed by atoms with Crippen LogP contribution in [0.4, 0.5) is 0 Å². The van der Waals surface area contributed by atoms with Crippen molar-refractivity contribution in [2.75, 3.05) is 0 Å². The van der Waals surface area contributed by atoms with Gasteiger partial charge in [0.1, 0.15) is 0 Å². The van der Waals surface area contributed by atoms with Gasteiger partial charge >= 0.3 is 0 Å². The summed E-state index contributed by atoms with van der Waals surface area (Å²) in [4.78, 5) is 0. The van der Waals surface area contributed by atoms with Crippen molar-refractivity contribution in [1.29, 1.82) is 0 Å². The van der Waals surface area contributed by atoms with E-state index in [2.05, 4.69) is 250 Å². The highest BCUT2D eigenvalue weighted by Gasteiger charge is 2.15. The van der Waals surface area contributed by atoms with Crippen molar-refractivity contribution >= 4 is 0 Å². The second kappa shape index (κ2) is 17.1. The van der Waals surface area contributed by atoms with Crippen LogP contribution in [0.2, 0.25) is 0 Å². The molecule has 8 aromatic carbocycles. The molecule has 0 aliphatic carbocycles. The molecule has 8 aromatic rings. The fourth-order valence-electron chi connectivity index (χ4n) is 7.58. The van der Waals surface area contributed by atoms with E-state index >= 15 is 0 Å². The molecule has 288 valence electrons. The predicted molar refractivity (Wildman–Crippen MR) is 252 cm³/mol. The molecule has 58 heavy (non-hydrogen) atoms. The van der Waals surface area contributed by atoms with Crippen molar-refractivity contribution in [1.82, 2.24) is 0 Å². The average molecular weight is 753 g/mol. The van der Waals surface area contributed by atoms with Crippen LogP contribution in [0.15, 0.2) is 194 Å². The van der Waals surface area contributed by atoms with Crippen LogP contribution in [0.25, 0.3) is 66.8 Å². The van der Waals surface area contributed by atoms with E-state index < -0.39 is 0 Å². The molecule has 0 aromatic heterocycles. The van der Waals surface area contributed by atoms with E-state index in [9.17, 15) is 0 Å². The summed E-state index contributed by atoms with van der Waals surface area (Å²) in [5, 5.41) is 0. The minimum atomic E-state index is 0.186. The molecule has 0 nitrogen and oxygen atoms in total. The van der Waals surface area contributed by atoms with Crippen LogP contribution < -0.4 is 0 Å². The monoisotopic (exact) mass is 752 g/mol. The third-order valence-corrected chi connectivity index (χ3v) is 10.9. The van der Waals surface area contributed by atoms with Crippen molar-refractivity contribution in [3.05, 3.63) is 216 Å². The molecular formula is C58H56. The van der Waals surface area contributed by atoms with Crippen LogP contribution in [0.3, 0.4) is 0 Å². The normalized spacial score (nSPS) is 11.4. The van der Waals surface area contributed by atoms with Gasteiger partial charge in [0.25, 0.3) is 0 Å². The van der Waals surface area contributed by atoms with Crippen molar-refractivity contribution in [3.8, 4) is 66.8 Å². The quantitative estimate of drug-likeness (QED) is 0.159. The molecule has 0 aliphatic heterocycles. The Balaban J connectivity index is 0.000000179. The van der Waals surface area contributed by atoms with Gasteiger partial charge in [-0.2, -0.15) is 0 Å². The van der Waals surface area contributed by atoms with Crippen LogP contribution in [0.5, 0.6) is 0 Å². The third-order valence-electron chi connectivity index (χ3n) is 10.9. The van der Waals surface area contributed by atoms with Gasteiger partial charge in [0, 0.05) is 0 Å². The summed E-state index contributed by atoms with van der Waals surface area (Å²) in [6.45, 7) is 17.9. The number of hydrogen-bond acceptors (Lipinski definition) is 0. The Morgan fingerprint density at radius 1 is 0.224 bits per heavy atom. The first kappa shape index (κ1) is 40.0. The fraction of sp³-hybridized carbons (Fsp3) is 0.172. The summed E-state index contributed by atoms with van der Waals surface area (Å²) in [5.41, 5.74) is 20.7. The highest BCUT2D eigenvalue weighted by Crippen LogP contribution is 2.34. The maximum absolute atomic E-state index is 2.31. The van der Waals surface area contributed by atoms with E-state index in [0.717, 1.165) is 0 Å². The van der Waals surface area contributed by atoms with Gasteiger partial charge in [-0.3, -0.25) is 0 Å². The zero-order chi connectivity index (χ0) is 40.9. The topological polar surface area (TPSA) is 0 Å². The molecule has 0 N–H and O–H groups in total. The zero-order valence-electron chi connectivity index (χ0n) is 35.5. The van der Waals surface area contributed by atoms with E-state index in [4.69, 9.17) is 0 Å². The van der Waals surface area contributed by atoms with E-state index in [1.165, 1.54) is 89.0 Å². The maximum atomic E-state index is 2.31. The van der Waals surface area contributed by atoms with Crippen LogP contribution in [0.1, 0.15) is 63.8 Å². The van der Waals surface area contributed by atoms with Crippen LogP contribution in [-0.4, -0.2) is 0 Å². The highest BCUT2D eigenvalue weighted by molar-refractivity contribution is 5.80. The fourth-order valence-corrected chi connectivity index (χ4v) is 7.58. The van der Waals surface area contributed by atoms with Gasteiger partial charge in [-0.25, -0.2) is 0 Å². The molecule has 0 fully saturated rings. The van der Waals surface area contributed by atoms with Crippen molar-refractivity contribution in [2.45, 2.75) is 66.2 Å². The Morgan fingerprint density at radius 3 is 0.776 bits per heavy atom. The first-order valence-corrected chi connectivity index (χ1v) is 20.6. The maximum Gasteiger partial charge on any atom is -0.0132 e. The molecule has 0 bridgehead atoms. The lowest BCUT2D eigenvalue weighted by Gasteiger charge is -2.20. The summed E-state index contributed by atoms with van der Waals surface area (Å²) in [7, 11) is 0. The minimum Gasteiger partial charge on any atom is -0.0622 e. The number of rotatable bonds is 6. The first-order chi connectivity index (χ1) is 27.8. The second-order valence-electron chi connectivity index (χ2n) is 17.7. The van der Waals surface area contributed by atoms with Gasteiger partial charge < -0.3 is 0 Å². The summed E-state index contributed by atoms with van der Waals surface area (Å²) in [6.07, 6.45) is 0. The van der Waals surface area contributed by atoms with E-state index in [-0.39, 0.29) is 10.8 Å². The van der Waals surface area contributed by atoms with Gasteiger partial charge in [-0.15, -0.1) is 0 Å². The Kier molecular flexibility index (Phi) is 11.8. The Labute approximate surface area is 347 Å². The van der Waals surface area contributed by atoms with Crippen LogP contribution in [0, 0.1) is 13.8 Å². The van der Waals surface area contributed by atoms with Gasteiger partial charge in [0.05, 0.1) is 0 Å².